The topological polar surface area (TPSA) is 72.3 Å². The summed E-state index contributed by atoms with van der Waals surface area (Å²) in [5.74, 6) is 0.936. The first-order valence-corrected chi connectivity index (χ1v) is 13.0. The number of morpholine rings is 1. The van der Waals surface area contributed by atoms with Gasteiger partial charge in [-0.1, -0.05) is 84.6 Å². The molecule has 1 N–H and O–H groups in total. The van der Waals surface area contributed by atoms with Crippen molar-refractivity contribution in [3.05, 3.63) is 102 Å². The lowest BCUT2D eigenvalue weighted by molar-refractivity contribution is -0.119. The van der Waals surface area contributed by atoms with Crippen molar-refractivity contribution in [1.82, 2.24) is 20.1 Å². The molecule has 8 heteroatoms. The molecule has 1 saturated heterocycles. The lowest BCUT2D eigenvalue weighted by atomic mass is 9.99. The molecule has 2 heterocycles. The summed E-state index contributed by atoms with van der Waals surface area (Å²) < 4.78 is 7.57. The Balaban J connectivity index is 1.37. The van der Waals surface area contributed by atoms with Crippen LogP contribution in [0.3, 0.4) is 0 Å². The first-order valence-electron chi connectivity index (χ1n) is 12.1. The second-order valence-electron chi connectivity index (χ2n) is 8.67. The zero-order valence-corrected chi connectivity index (χ0v) is 21.0. The quantitative estimate of drug-likeness (QED) is 0.362. The molecule has 0 aliphatic carbocycles. The van der Waals surface area contributed by atoms with Gasteiger partial charge in [-0.15, -0.1) is 10.2 Å². The molecule has 0 atom stereocenters. The van der Waals surface area contributed by atoms with Gasteiger partial charge in [-0.25, -0.2) is 0 Å². The first kappa shape index (κ1) is 24.1. The fourth-order valence-corrected chi connectivity index (χ4v) is 5.06. The Kier molecular flexibility index (Phi) is 7.64. The van der Waals surface area contributed by atoms with Crippen molar-refractivity contribution in [2.75, 3.05) is 37.0 Å². The monoisotopic (exact) mass is 499 g/mol. The fourth-order valence-electron chi connectivity index (χ4n) is 4.30. The maximum Gasteiger partial charge on any atom is 0.232 e. The smallest absolute Gasteiger partial charge is 0.232 e. The normalized spacial score (nSPS) is 13.7. The van der Waals surface area contributed by atoms with E-state index in [4.69, 9.17) is 4.74 Å². The Labute approximate surface area is 215 Å². The molecule has 1 aliphatic rings. The number of carbonyl (C=O) groups is 1. The van der Waals surface area contributed by atoms with Crippen LogP contribution in [0.25, 0.3) is 5.69 Å². The molecule has 0 unspecified atom stereocenters. The summed E-state index contributed by atoms with van der Waals surface area (Å²) in [5.41, 5.74) is 4.21. The molecule has 184 valence electrons. The third-order valence-electron chi connectivity index (χ3n) is 6.07. The van der Waals surface area contributed by atoms with E-state index in [0.29, 0.717) is 18.4 Å². The Morgan fingerprint density at radius 3 is 2.25 bits per heavy atom. The number of hydrogen-bond acceptors (Lipinski definition) is 6. The molecule has 1 fully saturated rings. The zero-order chi connectivity index (χ0) is 24.7. The third kappa shape index (κ3) is 5.61. The molecule has 0 spiro atoms. The van der Waals surface area contributed by atoms with Gasteiger partial charge >= 0.3 is 0 Å². The van der Waals surface area contributed by atoms with E-state index >= 15 is 0 Å². The minimum absolute atomic E-state index is 0.0654. The predicted octanol–water partition coefficient (Wildman–Crippen LogP) is 4.41. The Morgan fingerprint density at radius 1 is 0.944 bits per heavy atom. The molecule has 4 aromatic rings. The Hall–Kier alpha value is -3.62. The van der Waals surface area contributed by atoms with Crippen LogP contribution in [-0.2, 0) is 9.53 Å². The van der Waals surface area contributed by atoms with Crippen molar-refractivity contribution in [3.8, 4) is 5.69 Å². The van der Waals surface area contributed by atoms with Gasteiger partial charge in [-0.3, -0.25) is 9.36 Å². The van der Waals surface area contributed by atoms with Gasteiger partial charge < -0.3 is 15.0 Å². The van der Waals surface area contributed by atoms with E-state index in [9.17, 15) is 4.79 Å². The van der Waals surface area contributed by atoms with Crippen molar-refractivity contribution in [2.45, 2.75) is 18.1 Å². The number of hydrogen-bond donors (Lipinski definition) is 1. The highest BCUT2D eigenvalue weighted by atomic mass is 32.2. The molecule has 1 aromatic heterocycles. The summed E-state index contributed by atoms with van der Waals surface area (Å²) in [5, 5.41) is 12.9. The lowest BCUT2D eigenvalue weighted by Crippen LogP contribution is -2.37. The van der Waals surface area contributed by atoms with Crippen molar-refractivity contribution in [1.29, 1.82) is 0 Å². The highest BCUT2D eigenvalue weighted by Crippen LogP contribution is 2.28. The third-order valence-corrected chi connectivity index (χ3v) is 7.00. The van der Waals surface area contributed by atoms with Gasteiger partial charge in [0.2, 0.25) is 11.9 Å². The van der Waals surface area contributed by atoms with E-state index in [2.05, 4.69) is 39.5 Å². The number of rotatable bonds is 8. The molecule has 3 aromatic carbocycles. The van der Waals surface area contributed by atoms with E-state index in [1.54, 1.807) is 0 Å². The number of benzene rings is 3. The minimum atomic E-state index is -0.223. The molecule has 0 saturated carbocycles. The standard InChI is InChI=1S/C28H29N5O2S/c1-21-9-8-14-24(19-21)33-27(32-15-17-35-18-16-32)30-31-28(33)36-20-25(34)29-26(22-10-4-2-5-11-22)23-12-6-3-7-13-23/h2-14,19,26H,15-18,20H2,1H3,(H,29,34). The van der Waals surface area contributed by atoms with Crippen LogP contribution in [0.1, 0.15) is 22.7 Å². The van der Waals surface area contributed by atoms with Crippen molar-refractivity contribution in [2.24, 2.45) is 0 Å². The van der Waals surface area contributed by atoms with Gasteiger partial charge in [0.1, 0.15) is 0 Å². The van der Waals surface area contributed by atoms with Gasteiger partial charge in [0.25, 0.3) is 0 Å². The predicted molar refractivity (Wildman–Crippen MR) is 143 cm³/mol. The van der Waals surface area contributed by atoms with Gasteiger partial charge in [0.15, 0.2) is 5.16 Å². The van der Waals surface area contributed by atoms with Gasteiger partial charge in [-0.2, -0.15) is 0 Å². The fraction of sp³-hybridized carbons (Fsp3) is 0.250. The number of nitrogens with one attached hydrogen (secondary N) is 1. The molecular weight excluding hydrogens is 470 g/mol. The van der Waals surface area contributed by atoms with E-state index in [0.717, 1.165) is 41.4 Å². The molecule has 1 aliphatic heterocycles. The molecule has 36 heavy (non-hydrogen) atoms. The van der Waals surface area contributed by atoms with E-state index in [1.807, 2.05) is 77.4 Å². The maximum atomic E-state index is 13.2. The molecule has 1 amide bonds. The first-order chi connectivity index (χ1) is 17.7. The summed E-state index contributed by atoms with van der Waals surface area (Å²) in [6, 6.07) is 28.1. The molecule has 7 nitrogen and oxygen atoms in total. The van der Waals surface area contributed by atoms with Crippen molar-refractivity contribution in [3.63, 3.8) is 0 Å². The SMILES string of the molecule is Cc1cccc(-n2c(SCC(=O)NC(c3ccccc3)c3ccccc3)nnc2N2CCOCC2)c1. The van der Waals surface area contributed by atoms with Crippen molar-refractivity contribution < 1.29 is 9.53 Å². The van der Waals surface area contributed by atoms with E-state index in [1.165, 1.54) is 11.8 Å². The number of nitrogens with zero attached hydrogens (tertiary/aromatic N) is 4. The number of aromatic nitrogens is 3. The number of amides is 1. The van der Waals surface area contributed by atoms with Crippen LogP contribution in [0.15, 0.2) is 90.1 Å². The Morgan fingerprint density at radius 2 is 1.61 bits per heavy atom. The van der Waals surface area contributed by atoms with Crippen LogP contribution in [-0.4, -0.2) is 52.7 Å². The van der Waals surface area contributed by atoms with Gasteiger partial charge in [0, 0.05) is 13.1 Å². The minimum Gasteiger partial charge on any atom is -0.378 e. The summed E-state index contributed by atoms with van der Waals surface area (Å²) in [4.78, 5) is 15.4. The maximum absolute atomic E-state index is 13.2. The number of carbonyl (C=O) groups excluding carboxylic acids is 1. The van der Waals surface area contributed by atoms with Gasteiger partial charge in [0.05, 0.1) is 30.7 Å². The van der Waals surface area contributed by atoms with Crippen LogP contribution in [0.5, 0.6) is 0 Å². The Bertz CT molecular complexity index is 1250. The molecule has 5 rings (SSSR count). The zero-order valence-electron chi connectivity index (χ0n) is 20.2. The van der Waals surface area contributed by atoms with Crippen LogP contribution in [0, 0.1) is 6.92 Å². The number of anilines is 1. The second-order valence-corrected chi connectivity index (χ2v) is 9.61. The summed E-state index contributed by atoms with van der Waals surface area (Å²) in [6.45, 7) is 4.89. The summed E-state index contributed by atoms with van der Waals surface area (Å²) in [6.07, 6.45) is 0. The molecular formula is C28H29N5O2S. The van der Waals surface area contributed by atoms with Crippen LogP contribution >= 0.6 is 11.8 Å². The van der Waals surface area contributed by atoms with Crippen molar-refractivity contribution >= 4 is 23.6 Å². The number of aryl methyl sites for hydroxylation is 1. The van der Waals surface area contributed by atoms with Crippen LogP contribution in [0.4, 0.5) is 5.95 Å². The highest BCUT2D eigenvalue weighted by Gasteiger charge is 2.23. The summed E-state index contributed by atoms with van der Waals surface area (Å²) >= 11 is 1.39. The van der Waals surface area contributed by atoms with Crippen LogP contribution in [0.2, 0.25) is 0 Å². The number of thioether (sulfide) groups is 1. The van der Waals surface area contributed by atoms with Crippen LogP contribution < -0.4 is 10.2 Å². The second kappa shape index (κ2) is 11.4. The highest BCUT2D eigenvalue weighted by molar-refractivity contribution is 7.99. The molecule has 0 bridgehead atoms. The average molecular weight is 500 g/mol. The van der Waals surface area contributed by atoms with E-state index < -0.39 is 0 Å². The van der Waals surface area contributed by atoms with Gasteiger partial charge in [-0.05, 0) is 35.7 Å². The van der Waals surface area contributed by atoms with E-state index in [-0.39, 0.29) is 17.7 Å². The largest absolute Gasteiger partial charge is 0.378 e. The number of ether oxygens (including phenoxy) is 1. The summed E-state index contributed by atoms with van der Waals surface area (Å²) in [7, 11) is 0. The average Bonchev–Trinajstić information content (AvgIpc) is 3.36. The lowest BCUT2D eigenvalue weighted by Gasteiger charge is -2.28. The molecule has 0 radical (unpaired) electrons.